The van der Waals surface area contributed by atoms with Gasteiger partial charge in [0.25, 0.3) is 5.91 Å². The van der Waals surface area contributed by atoms with Gasteiger partial charge >= 0.3 is 5.97 Å². The van der Waals surface area contributed by atoms with E-state index in [1.165, 1.54) is 30.3 Å². The Bertz CT molecular complexity index is 1450. The first kappa shape index (κ1) is 25.8. The molecule has 1 atom stereocenters. The van der Waals surface area contributed by atoms with Crippen molar-refractivity contribution in [3.05, 3.63) is 89.1 Å². The van der Waals surface area contributed by atoms with Gasteiger partial charge in [0.05, 0.1) is 30.4 Å². The number of aromatic amines is 1. The van der Waals surface area contributed by atoms with E-state index < -0.39 is 29.6 Å². The number of benzene rings is 3. The lowest BCUT2D eigenvalue weighted by Crippen LogP contribution is -2.39. The van der Waals surface area contributed by atoms with Crippen LogP contribution in [0, 0.1) is 11.6 Å². The standard InChI is InChI=1S/C28H26F2N2O5/c1-2-7-37-26-6-3-16(17-8-18(28(35)36)10-21(30)9-17)12-24(26)27(34)32-22(15-33)11-19-14-31-25-5-4-20(29)13-23(19)25/h3-6,8-10,12-14,22,31,33H,2,7,11,15H2,1H3,(H,32,34)(H,35,36). The van der Waals surface area contributed by atoms with E-state index in [1.54, 1.807) is 24.4 Å². The zero-order valence-electron chi connectivity index (χ0n) is 20.1. The third-order valence-corrected chi connectivity index (χ3v) is 5.92. The molecule has 1 unspecified atom stereocenters. The number of fused-ring (bicyclic) bond motifs is 1. The second kappa shape index (κ2) is 11.2. The van der Waals surface area contributed by atoms with Crippen LogP contribution in [0.4, 0.5) is 8.78 Å². The number of amides is 1. The minimum atomic E-state index is -1.27. The largest absolute Gasteiger partial charge is 0.493 e. The molecule has 0 radical (unpaired) electrons. The molecular weight excluding hydrogens is 482 g/mol. The van der Waals surface area contributed by atoms with Gasteiger partial charge in [-0.3, -0.25) is 4.79 Å². The Balaban J connectivity index is 1.64. The highest BCUT2D eigenvalue weighted by Crippen LogP contribution is 2.29. The number of ether oxygens (including phenoxy) is 1. The van der Waals surface area contributed by atoms with E-state index in [9.17, 15) is 28.6 Å². The molecule has 4 rings (SSSR count). The number of carbonyl (C=O) groups is 2. The molecule has 7 nitrogen and oxygen atoms in total. The third-order valence-electron chi connectivity index (χ3n) is 5.92. The predicted molar refractivity (Wildman–Crippen MR) is 135 cm³/mol. The minimum Gasteiger partial charge on any atom is -0.493 e. The summed E-state index contributed by atoms with van der Waals surface area (Å²) < 4.78 is 33.6. The molecule has 0 saturated heterocycles. The maximum Gasteiger partial charge on any atom is 0.335 e. The molecule has 37 heavy (non-hydrogen) atoms. The molecule has 0 aliphatic heterocycles. The fraction of sp³-hybridized carbons (Fsp3) is 0.214. The van der Waals surface area contributed by atoms with Crippen LogP contribution in [-0.4, -0.2) is 46.3 Å². The van der Waals surface area contributed by atoms with Crippen LogP contribution in [0.3, 0.4) is 0 Å². The van der Waals surface area contributed by atoms with Crippen molar-refractivity contribution in [2.75, 3.05) is 13.2 Å². The molecule has 0 bridgehead atoms. The van der Waals surface area contributed by atoms with E-state index in [0.717, 1.165) is 17.1 Å². The van der Waals surface area contributed by atoms with Crippen LogP contribution in [0.25, 0.3) is 22.0 Å². The SMILES string of the molecule is CCCOc1ccc(-c2cc(F)cc(C(=O)O)c2)cc1C(=O)NC(CO)Cc1c[nH]c2ccc(F)cc12. The first-order valence-corrected chi connectivity index (χ1v) is 11.8. The van der Waals surface area contributed by atoms with E-state index in [-0.39, 0.29) is 29.7 Å². The van der Waals surface area contributed by atoms with Gasteiger partial charge in [0.1, 0.15) is 17.4 Å². The Morgan fingerprint density at radius 2 is 1.84 bits per heavy atom. The quantitative estimate of drug-likeness (QED) is 0.243. The predicted octanol–water partition coefficient (Wildman–Crippen LogP) is 4.93. The topological polar surface area (TPSA) is 112 Å². The van der Waals surface area contributed by atoms with Gasteiger partial charge in [-0.25, -0.2) is 13.6 Å². The summed E-state index contributed by atoms with van der Waals surface area (Å²) in [4.78, 5) is 27.8. The van der Waals surface area contributed by atoms with Gasteiger partial charge in [-0.1, -0.05) is 13.0 Å². The minimum absolute atomic E-state index is 0.149. The second-order valence-corrected chi connectivity index (χ2v) is 8.65. The lowest BCUT2D eigenvalue weighted by Gasteiger charge is -2.18. The van der Waals surface area contributed by atoms with Gasteiger partial charge < -0.3 is 25.3 Å². The van der Waals surface area contributed by atoms with Crippen LogP contribution < -0.4 is 10.1 Å². The average molecular weight is 509 g/mol. The monoisotopic (exact) mass is 508 g/mol. The molecular formula is C28H26F2N2O5. The zero-order valence-corrected chi connectivity index (χ0v) is 20.1. The molecule has 4 aromatic rings. The van der Waals surface area contributed by atoms with Gasteiger partial charge in [-0.15, -0.1) is 0 Å². The van der Waals surface area contributed by atoms with Crippen molar-refractivity contribution in [3.8, 4) is 16.9 Å². The number of rotatable bonds is 10. The van der Waals surface area contributed by atoms with Crippen LogP contribution in [0.15, 0.2) is 60.8 Å². The van der Waals surface area contributed by atoms with Crippen molar-refractivity contribution in [1.29, 1.82) is 0 Å². The Morgan fingerprint density at radius 3 is 2.57 bits per heavy atom. The van der Waals surface area contributed by atoms with Crippen molar-refractivity contribution in [3.63, 3.8) is 0 Å². The molecule has 0 spiro atoms. The third kappa shape index (κ3) is 5.95. The van der Waals surface area contributed by atoms with Crippen molar-refractivity contribution in [2.45, 2.75) is 25.8 Å². The van der Waals surface area contributed by atoms with Crippen LogP contribution in [0.5, 0.6) is 5.75 Å². The maximum atomic E-state index is 14.1. The van der Waals surface area contributed by atoms with Gasteiger partial charge in [-0.05, 0) is 78.1 Å². The van der Waals surface area contributed by atoms with Gasteiger partial charge in [0.15, 0.2) is 0 Å². The summed E-state index contributed by atoms with van der Waals surface area (Å²) >= 11 is 0. The van der Waals surface area contributed by atoms with Crippen molar-refractivity contribution in [2.24, 2.45) is 0 Å². The number of H-pyrrole nitrogens is 1. The number of hydrogen-bond donors (Lipinski definition) is 4. The van der Waals surface area contributed by atoms with Gasteiger partial charge in [0, 0.05) is 17.1 Å². The Hall–Kier alpha value is -4.24. The van der Waals surface area contributed by atoms with E-state index in [4.69, 9.17) is 4.74 Å². The van der Waals surface area contributed by atoms with Crippen molar-refractivity contribution < 1.29 is 33.3 Å². The molecule has 192 valence electrons. The number of aliphatic hydroxyl groups excluding tert-OH is 1. The number of aromatic nitrogens is 1. The summed E-state index contributed by atoms with van der Waals surface area (Å²) in [6.07, 6.45) is 2.65. The van der Waals surface area contributed by atoms with E-state index in [2.05, 4.69) is 10.3 Å². The summed E-state index contributed by atoms with van der Waals surface area (Å²) in [5, 5.41) is 22.7. The Morgan fingerprint density at radius 1 is 1.03 bits per heavy atom. The molecule has 0 aliphatic carbocycles. The number of halogens is 2. The van der Waals surface area contributed by atoms with Crippen LogP contribution in [0.1, 0.15) is 39.6 Å². The second-order valence-electron chi connectivity index (χ2n) is 8.65. The van der Waals surface area contributed by atoms with Crippen LogP contribution in [-0.2, 0) is 6.42 Å². The number of aromatic carboxylic acids is 1. The van der Waals surface area contributed by atoms with E-state index >= 15 is 0 Å². The fourth-order valence-corrected chi connectivity index (χ4v) is 4.11. The summed E-state index contributed by atoms with van der Waals surface area (Å²) in [6, 6.07) is 11.8. The van der Waals surface area contributed by atoms with E-state index in [1.807, 2.05) is 6.92 Å². The first-order valence-electron chi connectivity index (χ1n) is 11.8. The summed E-state index contributed by atoms with van der Waals surface area (Å²) in [5.41, 5.74) is 2.10. The summed E-state index contributed by atoms with van der Waals surface area (Å²) in [5.74, 6) is -2.63. The van der Waals surface area contributed by atoms with Crippen LogP contribution >= 0.6 is 0 Å². The molecule has 1 aromatic heterocycles. The summed E-state index contributed by atoms with van der Waals surface area (Å²) in [6.45, 7) is 1.90. The highest BCUT2D eigenvalue weighted by Gasteiger charge is 2.20. The molecule has 9 heteroatoms. The molecule has 0 fully saturated rings. The highest BCUT2D eigenvalue weighted by molar-refractivity contribution is 5.99. The number of nitrogens with one attached hydrogen (secondary N) is 2. The zero-order chi connectivity index (χ0) is 26.5. The summed E-state index contributed by atoms with van der Waals surface area (Å²) in [7, 11) is 0. The molecule has 0 aliphatic rings. The van der Waals surface area contributed by atoms with Crippen molar-refractivity contribution in [1.82, 2.24) is 10.3 Å². The lowest BCUT2D eigenvalue weighted by molar-refractivity contribution is 0.0696. The normalized spacial score (nSPS) is 11.9. The molecule has 3 aromatic carbocycles. The van der Waals surface area contributed by atoms with Crippen LogP contribution in [0.2, 0.25) is 0 Å². The van der Waals surface area contributed by atoms with E-state index in [0.29, 0.717) is 29.7 Å². The molecule has 1 amide bonds. The Kier molecular flexibility index (Phi) is 7.83. The average Bonchev–Trinajstić information content (AvgIpc) is 3.27. The number of carbonyl (C=O) groups excluding carboxylic acids is 1. The smallest absolute Gasteiger partial charge is 0.335 e. The maximum absolute atomic E-state index is 14.1. The lowest BCUT2D eigenvalue weighted by atomic mass is 9.99. The molecule has 1 heterocycles. The van der Waals surface area contributed by atoms with Crippen molar-refractivity contribution >= 4 is 22.8 Å². The number of carboxylic acid groups (broad SMARTS) is 1. The number of carboxylic acids is 1. The Labute approximate surface area is 211 Å². The first-order chi connectivity index (χ1) is 17.8. The van der Waals surface area contributed by atoms with Gasteiger partial charge in [0.2, 0.25) is 0 Å². The molecule has 0 saturated carbocycles. The number of aliphatic hydroxyl groups is 1. The number of hydrogen-bond acceptors (Lipinski definition) is 4. The molecule has 4 N–H and O–H groups in total. The highest BCUT2D eigenvalue weighted by atomic mass is 19.1. The van der Waals surface area contributed by atoms with Gasteiger partial charge in [-0.2, -0.15) is 0 Å². The fourth-order valence-electron chi connectivity index (χ4n) is 4.11.